The van der Waals surface area contributed by atoms with Gasteiger partial charge in [-0.3, -0.25) is 9.97 Å². The van der Waals surface area contributed by atoms with Gasteiger partial charge in [-0.05, 0) is 35.4 Å². The van der Waals surface area contributed by atoms with Crippen molar-refractivity contribution < 1.29 is 4.42 Å². The van der Waals surface area contributed by atoms with Gasteiger partial charge in [-0.25, -0.2) is 15.0 Å². The van der Waals surface area contributed by atoms with E-state index in [0.29, 0.717) is 17.5 Å². The van der Waals surface area contributed by atoms with Gasteiger partial charge in [-0.1, -0.05) is 115 Å². The van der Waals surface area contributed by atoms with Gasteiger partial charge in [0.1, 0.15) is 11.3 Å². The first-order valence-corrected chi connectivity index (χ1v) is 15.4. The van der Waals surface area contributed by atoms with Crippen molar-refractivity contribution in [2.24, 2.45) is 0 Å². The predicted molar refractivity (Wildman–Crippen MR) is 187 cm³/mol. The van der Waals surface area contributed by atoms with Crippen LogP contribution in [0.4, 0.5) is 0 Å². The minimum absolute atomic E-state index is 0.610. The van der Waals surface area contributed by atoms with Crippen LogP contribution < -0.4 is 0 Å². The van der Waals surface area contributed by atoms with E-state index in [-0.39, 0.29) is 0 Å². The van der Waals surface area contributed by atoms with Crippen LogP contribution in [0, 0.1) is 0 Å². The van der Waals surface area contributed by atoms with E-state index in [9.17, 15) is 0 Å². The summed E-state index contributed by atoms with van der Waals surface area (Å²) in [7, 11) is 0. The molecule has 9 aromatic rings. The summed E-state index contributed by atoms with van der Waals surface area (Å²) in [5.41, 5.74) is 8.99. The monoisotopic (exact) mass is 603 g/mol. The number of rotatable bonds is 5. The van der Waals surface area contributed by atoms with Gasteiger partial charge in [-0.15, -0.1) is 0 Å². The van der Waals surface area contributed by atoms with E-state index < -0.39 is 0 Å². The van der Waals surface area contributed by atoms with E-state index in [4.69, 9.17) is 24.4 Å². The van der Waals surface area contributed by atoms with Crippen molar-refractivity contribution in [2.75, 3.05) is 0 Å². The SMILES string of the molecule is c1ccc(-c2nc(-c3ccccc3)nc(-c3cccc(-c4cccc5oc6c(-c7cccc8cccnc78)nccc6c45)c3)n2)cc1. The van der Waals surface area contributed by atoms with Crippen LogP contribution in [0.25, 0.3) is 89.4 Å². The zero-order valence-electron chi connectivity index (χ0n) is 25.1. The Morgan fingerprint density at radius 3 is 1.83 bits per heavy atom. The Labute approximate surface area is 270 Å². The van der Waals surface area contributed by atoms with Crippen molar-refractivity contribution >= 4 is 32.8 Å². The second kappa shape index (κ2) is 11.1. The van der Waals surface area contributed by atoms with Gasteiger partial charge in [0.2, 0.25) is 0 Å². The summed E-state index contributed by atoms with van der Waals surface area (Å²) in [6, 6.07) is 46.8. The molecular weight excluding hydrogens is 578 g/mol. The zero-order chi connectivity index (χ0) is 31.2. The molecule has 0 N–H and O–H groups in total. The van der Waals surface area contributed by atoms with Crippen LogP contribution in [0.3, 0.4) is 0 Å². The molecule has 6 heteroatoms. The first-order valence-electron chi connectivity index (χ1n) is 15.4. The number of fused-ring (bicyclic) bond motifs is 4. The Kier molecular flexibility index (Phi) is 6.35. The molecule has 4 aromatic heterocycles. The van der Waals surface area contributed by atoms with Gasteiger partial charge in [0.15, 0.2) is 23.1 Å². The van der Waals surface area contributed by atoms with Crippen molar-refractivity contribution in [2.45, 2.75) is 0 Å². The second-order valence-electron chi connectivity index (χ2n) is 11.3. The highest BCUT2D eigenvalue weighted by molar-refractivity contribution is 6.15. The minimum atomic E-state index is 0.610. The maximum Gasteiger partial charge on any atom is 0.164 e. The van der Waals surface area contributed by atoms with Gasteiger partial charge in [-0.2, -0.15) is 0 Å². The third kappa shape index (κ3) is 4.71. The molecule has 0 unspecified atom stereocenters. The normalized spacial score (nSPS) is 11.4. The quantitative estimate of drug-likeness (QED) is 0.195. The van der Waals surface area contributed by atoms with E-state index in [0.717, 1.165) is 71.9 Å². The molecule has 0 radical (unpaired) electrons. The zero-order valence-corrected chi connectivity index (χ0v) is 25.1. The molecule has 0 aliphatic rings. The van der Waals surface area contributed by atoms with Gasteiger partial charge >= 0.3 is 0 Å². The molecule has 0 amide bonds. The van der Waals surface area contributed by atoms with Crippen LogP contribution in [0.5, 0.6) is 0 Å². The van der Waals surface area contributed by atoms with Gasteiger partial charge in [0, 0.05) is 50.8 Å². The number of pyridine rings is 2. The average Bonchev–Trinajstić information content (AvgIpc) is 3.55. The van der Waals surface area contributed by atoms with E-state index in [1.165, 1.54) is 0 Å². The predicted octanol–water partition coefficient (Wildman–Crippen LogP) is 10.0. The molecule has 0 atom stereocenters. The second-order valence-corrected chi connectivity index (χ2v) is 11.3. The third-order valence-electron chi connectivity index (χ3n) is 8.43. The number of benzene rings is 5. The molecule has 6 nitrogen and oxygen atoms in total. The number of hydrogen-bond donors (Lipinski definition) is 0. The largest absolute Gasteiger partial charge is 0.454 e. The average molecular weight is 604 g/mol. The van der Waals surface area contributed by atoms with Crippen molar-refractivity contribution in [1.82, 2.24) is 24.9 Å². The topological polar surface area (TPSA) is 77.6 Å². The van der Waals surface area contributed by atoms with E-state index in [1.807, 2.05) is 109 Å². The maximum absolute atomic E-state index is 6.57. The number of nitrogens with zero attached hydrogens (tertiary/aromatic N) is 5. The first kappa shape index (κ1) is 26.8. The Morgan fingerprint density at radius 2 is 1.06 bits per heavy atom. The molecular formula is C41H25N5O. The smallest absolute Gasteiger partial charge is 0.164 e. The van der Waals surface area contributed by atoms with Gasteiger partial charge < -0.3 is 4.42 Å². The van der Waals surface area contributed by atoms with Crippen LogP contribution in [0.2, 0.25) is 0 Å². The summed E-state index contributed by atoms with van der Waals surface area (Å²) in [6.45, 7) is 0. The summed E-state index contributed by atoms with van der Waals surface area (Å²) >= 11 is 0. The number of para-hydroxylation sites is 1. The molecule has 0 saturated carbocycles. The summed E-state index contributed by atoms with van der Waals surface area (Å²) in [6.07, 6.45) is 3.66. The third-order valence-corrected chi connectivity index (χ3v) is 8.43. The Morgan fingerprint density at radius 1 is 0.447 bits per heavy atom. The van der Waals surface area contributed by atoms with E-state index in [2.05, 4.69) is 47.4 Å². The van der Waals surface area contributed by atoms with Crippen molar-refractivity contribution in [3.8, 4) is 56.5 Å². The Hall–Kier alpha value is -6.53. The fraction of sp³-hybridized carbons (Fsp3) is 0. The van der Waals surface area contributed by atoms with E-state index >= 15 is 0 Å². The van der Waals surface area contributed by atoms with Gasteiger partial charge in [0.05, 0.1) is 5.52 Å². The van der Waals surface area contributed by atoms with E-state index in [1.54, 1.807) is 0 Å². The summed E-state index contributed by atoms with van der Waals surface area (Å²) in [5.74, 6) is 1.87. The number of hydrogen-bond acceptors (Lipinski definition) is 6. The molecule has 4 heterocycles. The van der Waals surface area contributed by atoms with Gasteiger partial charge in [0.25, 0.3) is 0 Å². The molecule has 0 saturated heterocycles. The van der Waals surface area contributed by atoms with Crippen LogP contribution in [-0.2, 0) is 0 Å². The first-order chi connectivity index (χ1) is 23.3. The highest BCUT2D eigenvalue weighted by Crippen LogP contribution is 2.41. The molecule has 0 bridgehead atoms. The molecule has 0 aliphatic carbocycles. The Bertz CT molecular complexity index is 2520. The molecule has 220 valence electrons. The standard InChI is InChI=1S/C41H25N5O/c1-3-11-27(12-4-1)39-44-40(28-13-5-2-6-14-28)46-41(45-39)30-17-7-16-29(25-30)31-19-9-21-34-35(31)32-22-24-43-37(38(32)47-34)33-20-8-15-26-18-10-23-42-36(26)33/h1-25H. The molecule has 5 aromatic carbocycles. The van der Waals surface area contributed by atoms with Crippen molar-refractivity contribution in [3.63, 3.8) is 0 Å². The summed E-state index contributed by atoms with van der Waals surface area (Å²) in [4.78, 5) is 24.2. The lowest BCUT2D eigenvalue weighted by Gasteiger charge is -2.10. The maximum atomic E-state index is 6.57. The number of furan rings is 1. The van der Waals surface area contributed by atoms with Crippen LogP contribution in [0.15, 0.2) is 156 Å². The Balaban J connectivity index is 1.21. The van der Waals surface area contributed by atoms with Crippen LogP contribution >= 0.6 is 0 Å². The van der Waals surface area contributed by atoms with Crippen LogP contribution in [0.1, 0.15) is 0 Å². The highest BCUT2D eigenvalue weighted by Gasteiger charge is 2.19. The summed E-state index contributed by atoms with van der Waals surface area (Å²) < 4.78 is 6.57. The molecule has 0 aliphatic heterocycles. The lowest BCUT2D eigenvalue weighted by molar-refractivity contribution is 0.668. The fourth-order valence-electron chi connectivity index (χ4n) is 6.24. The highest BCUT2D eigenvalue weighted by atomic mass is 16.3. The molecule has 0 spiro atoms. The number of aromatic nitrogens is 5. The van der Waals surface area contributed by atoms with Crippen LogP contribution in [-0.4, -0.2) is 24.9 Å². The van der Waals surface area contributed by atoms with Crippen molar-refractivity contribution in [3.05, 3.63) is 152 Å². The lowest BCUT2D eigenvalue weighted by Crippen LogP contribution is -2.00. The minimum Gasteiger partial charge on any atom is -0.454 e. The molecule has 9 rings (SSSR count). The fourth-order valence-corrected chi connectivity index (χ4v) is 6.24. The molecule has 47 heavy (non-hydrogen) atoms. The lowest BCUT2D eigenvalue weighted by atomic mass is 9.97. The molecule has 0 fully saturated rings. The summed E-state index contributed by atoms with van der Waals surface area (Å²) in [5, 5.41) is 3.08. The van der Waals surface area contributed by atoms with Crippen molar-refractivity contribution in [1.29, 1.82) is 0 Å².